The van der Waals surface area contributed by atoms with Crippen molar-refractivity contribution in [3.8, 4) is 0 Å². The van der Waals surface area contributed by atoms with Crippen LogP contribution in [0.4, 0.5) is 10.1 Å². The normalized spacial score (nSPS) is 15.7. The second kappa shape index (κ2) is 11.6. The molecule has 2 aliphatic heterocycles. The predicted molar refractivity (Wildman–Crippen MR) is 134 cm³/mol. The molecule has 0 aliphatic carbocycles. The van der Waals surface area contributed by atoms with Gasteiger partial charge in [-0.15, -0.1) is 0 Å². The molecule has 0 unspecified atom stereocenters. The van der Waals surface area contributed by atoms with Crippen molar-refractivity contribution in [2.75, 3.05) is 31.5 Å². The van der Waals surface area contributed by atoms with Gasteiger partial charge in [-0.05, 0) is 56.3 Å². The number of halogens is 1. The van der Waals surface area contributed by atoms with Gasteiger partial charge in [-0.2, -0.15) is 0 Å². The molecule has 3 heterocycles. The number of carboxylic acid groups (broad SMARTS) is 2. The summed E-state index contributed by atoms with van der Waals surface area (Å²) in [7, 11) is 0. The molecule has 2 aromatic carbocycles. The summed E-state index contributed by atoms with van der Waals surface area (Å²) in [6.45, 7) is 3.51. The van der Waals surface area contributed by atoms with Gasteiger partial charge in [-0.3, -0.25) is 14.9 Å². The minimum atomic E-state index is -1.26. The topological polar surface area (TPSA) is 162 Å². The Bertz CT molecular complexity index is 1390. The van der Waals surface area contributed by atoms with E-state index < -0.39 is 11.9 Å². The maximum absolute atomic E-state index is 13.3. The molecule has 198 valence electrons. The average molecular weight is 525 g/mol. The van der Waals surface area contributed by atoms with Crippen LogP contribution < -0.4 is 10.6 Å². The van der Waals surface area contributed by atoms with Crippen LogP contribution in [0.5, 0.6) is 0 Å². The number of aliphatic carboxylic acids is 2. The van der Waals surface area contributed by atoms with E-state index in [1.54, 1.807) is 18.2 Å². The maximum Gasteiger partial charge on any atom is 0.328 e. The molecule has 4 N–H and O–H groups in total. The highest BCUT2D eigenvalue weighted by atomic mass is 19.1. The molecular weight excluding hydrogens is 499 g/mol. The molecule has 1 saturated heterocycles. The minimum absolute atomic E-state index is 0.314. The number of nitrogens with zero attached hydrogens (tertiary/aromatic N) is 2. The SMILES string of the molecule is O=C(O)/C=C/C(=O)O.O=C1NC(=O)c2cc(NCCN3CCC(c4noc5cc(F)ccc45)CC3)ccc21. The maximum atomic E-state index is 13.3. The quantitative estimate of drug-likeness (QED) is 0.267. The van der Waals surface area contributed by atoms with E-state index >= 15 is 0 Å². The molecule has 1 fully saturated rings. The van der Waals surface area contributed by atoms with Crippen molar-refractivity contribution < 1.29 is 38.3 Å². The fourth-order valence-electron chi connectivity index (χ4n) is 4.43. The van der Waals surface area contributed by atoms with Gasteiger partial charge in [-0.25, -0.2) is 14.0 Å². The number of benzene rings is 2. The van der Waals surface area contributed by atoms with Crippen molar-refractivity contribution in [2.45, 2.75) is 18.8 Å². The monoisotopic (exact) mass is 524 g/mol. The Morgan fingerprint density at radius 3 is 2.42 bits per heavy atom. The Morgan fingerprint density at radius 1 is 1.05 bits per heavy atom. The summed E-state index contributed by atoms with van der Waals surface area (Å²) in [4.78, 5) is 44.9. The van der Waals surface area contributed by atoms with Crippen molar-refractivity contribution in [3.05, 3.63) is 71.2 Å². The standard InChI is InChI=1S/C22H21FN4O3.C4H4O4/c23-14-1-3-17-19(11-14)30-26-20(17)13-5-8-27(9-6-13)10-7-24-15-2-4-16-18(12-15)22(29)25-21(16)28;5-3(6)1-2-4(7)8/h1-4,11-13,24H,5-10H2,(H,25,28,29);1-2H,(H,5,6)(H,7,8)/b;2-1+. The molecule has 0 saturated carbocycles. The molecule has 1 aromatic heterocycles. The lowest BCUT2D eigenvalue weighted by Gasteiger charge is -2.31. The Labute approximate surface area is 215 Å². The molecule has 11 nitrogen and oxygen atoms in total. The number of hydrogen-bond donors (Lipinski definition) is 4. The zero-order valence-corrected chi connectivity index (χ0v) is 20.1. The van der Waals surface area contributed by atoms with Gasteiger partial charge in [0.2, 0.25) is 0 Å². The lowest BCUT2D eigenvalue weighted by Crippen LogP contribution is -2.36. The number of imide groups is 1. The first-order chi connectivity index (χ1) is 18.2. The molecule has 3 aromatic rings. The number of hydrogen-bond acceptors (Lipinski definition) is 8. The number of likely N-dealkylation sites (tertiary alicyclic amines) is 1. The second-order valence-corrected chi connectivity index (χ2v) is 8.80. The second-order valence-electron chi connectivity index (χ2n) is 8.80. The molecular formula is C26H25FN4O7. The van der Waals surface area contributed by atoms with Crippen LogP contribution in [0.2, 0.25) is 0 Å². The average Bonchev–Trinajstić information content (AvgIpc) is 3.43. The van der Waals surface area contributed by atoms with E-state index in [4.69, 9.17) is 14.7 Å². The number of rotatable bonds is 7. The first-order valence-electron chi connectivity index (χ1n) is 11.9. The van der Waals surface area contributed by atoms with Crippen molar-refractivity contribution in [1.82, 2.24) is 15.4 Å². The van der Waals surface area contributed by atoms with Crippen molar-refractivity contribution in [3.63, 3.8) is 0 Å². The van der Waals surface area contributed by atoms with E-state index in [9.17, 15) is 23.6 Å². The molecule has 0 radical (unpaired) electrons. The highest BCUT2D eigenvalue weighted by molar-refractivity contribution is 6.21. The lowest BCUT2D eigenvalue weighted by molar-refractivity contribution is -0.134. The molecule has 5 rings (SSSR count). The molecule has 12 heteroatoms. The number of carbonyl (C=O) groups excluding carboxylic acids is 2. The largest absolute Gasteiger partial charge is 0.478 e. The number of carbonyl (C=O) groups is 4. The number of nitrogens with one attached hydrogen (secondary N) is 2. The zero-order chi connectivity index (χ0) is 27.2. The molecule has 0 spiro atoms. The summed E-state index contributed by atoms with van der Waals surface area (Å²) in [5.41, 5.74) is 3.10. The van der Waals surface area contributed by atoms with Gasteiger partial charge in [0, 0.05) is 48.3 Å². The molecule has 2 amide bonds. The third kappa shape index (κ3) is 6.40. The smallest absolute Gasteiger partial charge is 0.328 e. The fourth-order valence-corrected chi connectivity index (χ4v) is 4.43. The molecule has 0 atom stereocenters. The summed E-state index contributed by atoms with van der Waals surface area (Å²) in [5.74, 6) is -3.20. The summed E-state index contributed by atoms with van der Waals surface area (Å²) in [6.07, 6.45) is 3.06. The van der Waals surface area contributed by atoms with Crippen LogP contribution in [0.3, 0.4) is 0 Å². The highest BCUT2D eigenvalue weighted by Crippen LogP contribution is 2.32. The van der Waals surface area contributed by atoms with Crippen molar-refractivity contribution in [2.24, 2.45) is 0 Å². The van der Waals surface area contributed by atoms with Gasteiger partial charge in [0.05, 0.1) is 16.8 Å². The van der Waals surface area contributed by atoms with Gasteiger partial charge in [0.25, 0.3) is 11.8 Å². The van der Waals surface area contributed by atoms with Crippen LogP contribution >= 0.6 is 0 Å². The van der Waals surface area contributed by atoms with Crippen LogP contribution in [0.1, 0.15) is 45.2 Å². The molecule has 38 heavy (non-hydrogen) atoms. The number of amides is 2. The van der Waals surface area contributed by atoms with E-state index in [0.717, 1.165) is 55.8 Å². The zero-order valence-electron chi connectivity index (χ0n) is 20.1. The predicted octanol–water partition coefficient (Wildman–Crippen LogP) is 2.85. The Morgan fingerprint density at radius 2 is 1.74 bits per heavy atom. The Kier molecular flexibility index (Phi) is 8.12. The van der Waals surface area contributed by atoms with E-state index in [0.29, 0.717) is 34.8 Å². The molecule has 2 aliphatic rings. The van der Waals surface area contributed by atoms with Crippen LogP contribution in [-0.2, 0) is 9.59 Å². The first-order valence-corrected chi connectivity index (χ1v) is 11.9. The first kappa shape index (κ1) is 26.5. The van der Waals surface area contributed by atoms with Gasteiger partial charge >= 0.3 is 11.9 Å². The summed E-state index contributed by atoms with van der Waals surface area (Å²) in [6, 6.07) is 9.80. The summed E-state index contributed by atoms with van der Waals surface area (Å²) in [5, 5.41) is 26.4. The highest BCUT2D eigenvalue weighted by Gasteiger charge is 2.27. The number of anilines is 1. The van der Waals surface area contributed by atoms with Crippen molar-refractivity contribution >= 4 is 40.4 Å². The Hall–Kier alpha value is -4.58. The minimum Gasteiger partial charge on any atom is -0.478 e. The summed E-state index contributed by atoms with van der Waals surface area (Å²) >= 11 is 0. The van der Waals surface area contributed by atoms with Gasteiger partial charge < -0.3 is 25.0 Å². The van der Waals surface area contributed by atoms with E-state index in [1.165, 1.54) is 12.1 Å². The number of carboxylic acids is 2. The number of aromatic nitrogens is 1. The van der Waals surface area contributed by atoms with E-state index in [-0.39, 0.29) is 17.6 Å². The van der Waals surface area contributed by atoms with Crippen molar-refractivity contribution in [1.29, 1.82) is 0 Å². The lowest BCUT2D eigenvalue weighted by atomic mass is 9.91. The Balaban J connectivity index is 0.000000368. The van der Waals surface area contributed by atoms with E-state index in [1.807, 2.05) is 6.07 Å². The third-order valence-corrected chi connectivity index (χ3v) is 6.30. The van der Waals surface area contributed by atoms with Crippen LogP contribution in [0.25, 0.3) is 11.0 Å². The fraction of sp³-hybridized carbons (Fsp3) is 0.269. The van der Waals surface area contributed by atoms with E-state index in [2.05, 4.69) is 20.7 Å². The third-order valence-electron chi connectivity index (χ3n) is 6.30. The van der Waals surface area contributed by atoms with Gasteiger partial charge in [0.15, 0.2) is 5.58 Å². The van der Waals surface area contributed by atoms with Crippen LogP contribution in [0.15, 0.2) is 53.1 Å². The van der Waals surface area contributed by atoms with Gasteiger partial charge in [0.1, 0.15) is 5.82 Å². The van der Waals surface area contributed by atoms with Crippen LogP contribution in [-0.4, -0.2) is 70.2 Å². The number of piperidine rings is 1. The number of fused-ring (bicyclic) bond motifs is 2. The van der Waals surface area contributed by atoms with Crippen LogP contribution in [0, 0.1) is 5.82 Å². The molecule has 0 bridgehead atoms. The summed E-state index contributed by atoms with van der Waals surface area (Å²) < 4.78 is 18.7. The van der Waals surface area contributed by atoms with Gasteiger partial charge in [-0.1, -0.05) is 5.16 Å².